The summed E-state index contributed by atoms with van der Waals surface area (Å²) in [6.45, 7) is 0. The summed E-state index contributed by atoms with van der Waals surface area (Å²) in [5.74, 6) is 0.582. The van der Waals surface area contributed by atoms with Crippen LogP contribution >= 0.6 is 0 Å². The molecule has 4 rings (SSSR count). The van der Waals surface area contributed by atoms with E-state index < -0.39 is 4.92 Å². The van der Waals surface area contributed by atoms with Crippen LogP contribution in [0.2, 0.25) is 0 Å². The van der Waals surface area contributed by atoms with E-state index in [0.29, 0.717) is 11.4 Å². The first kappa shape index (κ1) is 16.5. The number of nitro benzene ring substituents is 1. The molecule has 3 aromatic carbocycles. The number of hydrogen-bond donors (Lipinski definition) is 2. The van der Waals surface area contributed by atoms with Gasteiger partial charge in [-0.05, 0) is 29.8 Å². The lowest BCUT2D eigenvalue weighted by Crippen LogP contribution is -1.92. The number of hydrogen-bond acceptors (Lipinski definition) is 4. The quantitative estimate of drug-likeness (QED) is 0.313. The average Bonchev–Trinajstić information content (AvgIpc) is 3.11. The number of rotatable bonds is 4. The van der Waals surface area contributed by atoms with E-state index in [-0.39, 0.29) is 11.4 Å². The summed E-state index contributed by atoms with van der Waals surface area (Å²) >= 11 is 0. The van der Waals surface area contributed by atoms with Gasteiger partial charge in [-0.3, -0.25) is 10.1 Å². The number of para-hydroxylation sites is 2. The summed E-state index contributed by atoms with van der Waals surface area (Å²) in [5.41, 5.74) is 3.57. The first-order valence-corrected chi connectivity index (χ1v) is 8.31. The van der Waals surface area contributed by atoms with Crippen LogP contribution in [0.5, 0.6) is 5.75 Å². The van der Waals surface area contributed by atoms with Crippen LogP contribution in [-0.4, -0.2) is 20.0 Å². The number of aromatic nitrogens is 2. The van der Waals surface area contributed by atoms with Gasteiger partial charge in [-0.2, -0.15) is 0 Å². The molecular weight excluding hydrogens is 342 g/mol. The highest BCUT2D eigenvalue weighted by molar-refractivity contribution is 5.92. The van der Waals surface area contributed by atoms with Gasteiger partial charge in [-0.15, -0.1) is 0 Å². The van der Waals surface area contributed by atoms with E-state index in [0.717, 1.165) is 22.2 Å². The number of phenols is 1. The molecule has 0 saturated carbocycles. The molecule has 0 aliphatic heterocycles. The van der Waals surface area contributed by atoms with Gasteiger partial charge < -0.3 is 10.1 Å². The second kappa shape index (κ2) is 6.76. The van der Waals surface area contributed by atoms with Crippen LogP contribution in [0.25, 0.3) is 22.7 Å². The molecule has 6 nitrogen and oxygen atoms in total. The van der Waals surface area contributed by atoms with E-state index in [1.807, 2.05) is 54.6 Å². The number of aromatic amines is 1. The van der Waals surface area contributed by atoms with E-state index in [9.17, 15) is 15.2 Å². The van der Waals surface area contributed by atoms with Gasteiger partial charge >= 0.3 is 0 Å². The number of imidazole rings is 1. The van der Waals surface area contributed by atoms with E-state index in [4.69, 9.17) is 0 Å². The van der Waals surface area contributed by atoms with Gasteiger partial charge in [0.1, 0.15) is 11.6 Å². The van der Waals surface area contributed by atoms with E-state index in [1.54, 1.807) is 6.08 Å². The highest BCUT2D eigenvalue weighted by Gasteiger charge is 2.14. The zero-order valence-electron chi connectivity index (χ0n) is 14.2. The standard InChI is InChI=1S/C21H15N3O3/c25-20-11-10-16(24(26)27)12-15(20)13-17(14-6-2-1-3-7-14)21-22-18-8-4-5-9-19(18)23-21/h1-13,25H,(H,22,23)/b17-13+. The van der Waals surface area contributed by atoms with Crippen molar-refractivity contribution in [3.05, 3.63) is 99.9 Å². The van der Waals surface area contributed by atoms with E-state index >= 15 is 0 Å². The zero-order valence-corrected chi connectivity index (χ0v) is 14.2. The summed E-state index contributed by atoms with van der Waals surface area (Å²) in [5, 5.41) is 21.3. The summed E-state index contributed by atoms with van der Waals surface area (Å²) in [6, 6.07) is 21.2. The molecule has 0 amide bonds. The molecule has 1 aromatic heterocycles. The SMILES string of the molecule is O=[N+]([O-])c1ccc(O)c(/C=C(\c2ccccc2)c2nc3ccccc3[nH]2)c1. The summed E-state index contributed by atoms with van der Waals surface area (Å²) < 4.78 is 0. The van der Waals surface area contributed by atoms with Crippen molar-refractivity contribution < 1.29 is 10.0 Å². The lowest BCUT2D eigenvalue weighted by atomic mass is 10.0. The fraction of sp³-hybridized carbons (Fsp3) is 0. The Kier molecular flexibility index (Phi) is 4.14. The van der Waals surface area contributed by atoms with Gasteiger partial charge in [0.25, 0.3) is 5.69 Å². The normalized spacial score (nSPS) is 11.6. The third-order valence-electron chi connectivity index (χ3n) is 4.25. The highest BCUT2D eigenvalue weighted by atomic mass is 16.6. The number of benzene rings is 3. The number of nitro groups is 1. The Morgan fingerprint density at radius 1 is 1.04 bits per heavy atom. The summed E-state index contributed by atoms with van der Waals surface area (Å²) in [4.78, 5) is 18.5. The molecule has 0 unspecified atom stereocenters. The maximum atomic E-state index is 11.1. The molecule has 0 aliphatic carbocycles. The second-order valence-electron chi connectivity index (χ2n) is 6.03. The van der Waals surface area contributed by atoms with Gasteiger partial charge in [-0.1, -0.05) is 42.5 Å². The first-order valence-electron chi connectivity index (χ1n) is 8.31. The van der Waals surface area contributed by atoms with Crippen LogP contribution in [0, 0.1) is 10.1 Å². The average molecular weight is 357 g/mol. The summed E-state index contributed by atoms with van der Waals surface area (Å²) in [7, 11) is 0. The van der Waals surface area contributed by atoms with Crippen molar-refractivity contribution in [2.75, 3.05) is 0 Å². The molecule has 0 spiro atoms. The molecule has 27 heavy (non-hydrogen) atoms. The van der Waals surface area contributed by atoms with Crippen molar-refractivity contribution in [1.82, 2.24) is 9.97 Å². The van der Waals surface area contributed by atoms with Gasteiger partial charge in [0.2, 0.25) is 0 Å². The molecule has 0 bridgehead atoms. The second-order valence-corrected chi connectivity index (χ2v) is 6.03. The van der Waals surface area contributed by atoms with Crippen molar-refractivity contribution in [2.24, 2.45) is 0 Å². The lowest BCUT2D eigenvalue weighted by Gasteiger charge is -2.07. The zero-order chi connectivity index (χ0) is 18.8. The van der Waals surface area contributed by atoms with Crippen LogP contribution < -0.4 is 0 Å². The van der Waals surface area contributed by atoms with Gasteiger partial charge in [-0.25, -0.2) is 4.98 Å². The fourth-order valence-corrected chi connectivity index (χ4v) is 2.91. The molecule has 0 radical (unpaired) electrons. The minimum Gasteiger partial charge on any atom is -0.507 e. The Morgan fingerprint density at radius 3 is 2.52 bits per heavy atom. The Bertz CT molecular complexity index is 1130. The number of nitrogens with zero attached hydrogens (tertiary/aromatic N) is 2. The van der Waals surface area contributed by atoms with Crippen LogP contribution in [0.1, 0.15) is 17.0 Å². The maximum Gasteiger partial charge on any atom is 0.270 e. The van der Waals surface area contributed by atoms with Crippen molar-refractivity contribution >= 4 is 28.4 Å². The van der Waals surface area contributed by atoms with Gasteiger partial charge in [0.05, 0.1) is 16.0 Å². The van der Waals surface area contributed by atoms with E-state index in [1.165, 1.54) is 18.2 Å². The summed E-state index contributed by atoms with van der Waals surface area (Å²) in [6.07, 6.45) is 1.70. The molecule has 0 fully saturated rings. The van der Waals surface area contributed by atoms with Crippen LogP contribution in [0.15, 0.2) is 72.8 Å². The minimum absolute atomic E-state index is 0.0369. The van der Waals surface area contributed by atoms with E-state index in [2.05, 4.69) is 9.97 Å². The molecule has 4 aromatic rings. The molecular formula is C21H15N3O3. The highest BCUT2D eigenvalue weighted by Crippen LogP contribution is 2.31. The number of fused-ring (bicyclic) bond motifs is 1. The Balaban J connectivity index is 1.92. The lowest BCUT2D eigenvalue weighted by molar-refractivity contribution is -0.384. The number of non-ortho nitro benzene ring substituents is 1. The predicted molar refractivity (Wildman–Crippen MR) is 104 cm³/mol. The predicted octanol–water partition coefficient (Wildman–Crippen LogP) is 4.77. The largest absolute Gasteiger partial charge is 0.507 e. The Labute approximate surface area is 154 Å². The smallest absolute Gasteiger partial charge is 0.270 e. The first-order chi connectivity index (χ1) is 13.1. The topological polar surface area (TPSA) is 92.1 Å². The molecule has 132 valence electrons. The Morgan fingerprint density at radius 2 is 1.78 bits per heavy atom. The number of phenolic OH excluding ortho intramolecular Hbond substituents is 1. The monoisotopic (exact) mass is 357 g/mol. The third kappa shape index (κ3) is 3.28. The maximum absolute atomic E-state index is 11.1. The molecule has 1 heterocycles. The van der Waals surface area contributed by atoms with Gasteiger partial charge in [0.15, 0.2) is 0 Å². The van der Waals surface area contributed by atoms with Crippen LogP contribution in [-0.2, 0) is 0 Å². The molecule has 0 atom stereocenters. The third-order valence-corrected chi connectivity index (χ3v) is 4.25. The van der Waals surface area contributed by atoms with Crippen molar-refractivity contribution in [3.8, 4) is 5.75 Å². The number of aromatic hydroxyl groups is 1. The fourth-order valence-electron chi connectivity index (χ4n) is 2.91. The van der Waals surface area contributed by atoms with Gasteiger partial charge in [0, 0.05) is 23.3 Å². The minimum atomic E-state index is -0.486. The number of H-pyrrole nitrogens is 1. The van der Waals surface area contributed by atoms with Crippen molar-refractivity contribution in [3.63, 3.8) is 0 Å². The molecule has 0 saturated heterocycles. The molecule has 6 heteroatoms. The molecule has 2 N–H and O–H groups in total. The van der Waals surface area contributed by atoms with Crippen molar-refractivity contribution in [2.45, 2.75) is 0 Å². The number of nitrogens with one attached hydrogen (secondary N) is 1. The Hall–Kier alpha value is -3.93. The van der Waals surface area contributed by atoms with Crippen molar-refractivity contribution in [1.29, 1.82) is 0 Å². The molecule has 0 aliphatic rings. The van der Waals surface area contributed by atoms with Crippen LogP contribution in [0.4, 0.5) is 5.69 Å². The van der Waals surface area contributed by atoms with Crippen LogP contribution in [0.3, 0.4) is 0 Å².